The maximum atomic E-state index is 11.9. The number of hydrogen-bond acceptors (Lipinski definition) is 3. The SMILES string of the molecule is CN=C(NCCC(=O)NCc1ccccc1)N1CCN(C(C)=O)CC1. The summed E-state index contributed by atoms with van der Waals surface area (Å²) in [5.74, 6) is 0.893. The van der Waals surface area contributed by atoms with Crippen molar-refractivity contribution in [2.24, 2.45) is 4.99 Å². The maximum absolute atomic E-state index is 11.9. The summed E-state index contributed by atoms with van der Waals surface area (Å²) < 4.78 is 0. The first-order valence-electron chi connectivity index (χ1n) is 8.62. The lowest BCUT2D eigenvalue weighted by Gasteiger charge is -2.36. The molecule has 0 aliphatic carbocycles. The van der Waals surface area contributed by atoms with Gasteiger partial charge in [0.25, 0.3) is 0 Å². The van der Waals surface area contributed by atoms with Crippen molar-refractivity contribution in [3.8, 4) is 0 Å². The molecule has 7 nitrogen and oxygen atoms in total. The second-order valence-electron chi connectivity index (χ2n) is 5.98. The summed E-state index contributed by atoms with van der Waals surface area (Å²) in [4.78, 5) is 31.5. The van der Waals surface area contributed by atoms with Crippen LogP contribution in [0.4, 0.5) is 0 Å². The lowest BCUT2D eigenvalue weighted by molar-refractivity contribution is -0.130. The first kappa shape index (κ1) is 18.8. The van der Waals surface area contributed by atoms with Gasteiger partial charge in [-0.3, -0.25) is 14.6 Å². The zero-order valence-electron chi connectivity index (χ0n) is 15.0. The van der Waals surface area contributed by atoms with E-state index < -0.39 is 0 Å². The van der Waals surface area contributed by atoms with Crippen LogP contribution in [-0.2, 0) is 16.1 Å². The van der Waals surface area contributed by atoms with E-state index in [4.69, 9.17) is 0 Å². The van der Waals surface area contributed by atoms with Crippen LogP contribution in [0.25, 0.3) is 0 Å². The molecule has 1 saturated heterocycles. The van der Waals surface area contributed by atoms with E-state index in [0.29, 0.717) is 32.6 Å². The quantitative estimate of drug-likeness (QED) is 0.599. The molecule has 2 amide bonds. The molecule has 0 aromatic heterocycles. The number of nitrogens with zero attached hydrogens (tertiary/aromatic N) is 3. The highest BCUT2D eigenvalue weighted by atomic mass is 16.2. The number of hydrogen-bond donors (Lipinski definition) is 2. The number of guanidine groups is 1. The molecule has 1 aliphatic heterocycles. The number of carbonyl (C=O) groups excluding carboxylic acids is 2. The number of benzene rings is 1. The average Bonchev–Trinajstić information content (AvgIpc) is 2.64. The smallest absolute Gasteiger partial charge is 0.222 e. The van der Waals surface area contributed by atoms with Gasteiger partial charge in [0.1, 0.15) is 0 Å². The van der Waals surface area contributed by atoms with Crippen LogP contribution in [0.1, 0.15) is 18.9 Å². The van der Waals surface area contributed by atoms with Gasteiger partial charge >= 0.3 is 0 Å². The Morgan fingerprint density at radius 1 is 1.04 bits per heavy atom. The Bertz CT molecular complexity index is 595. The van der Waals surface area contributed by atoms with Gasteiger partial charge in [-0.05, 0) is 5.56 Å². The topological polar surface area (TPSA) is 77.0 Å². The van der Waals surface area contributed by atoms with E-state index >= 15 is 0 Å². The minimum absolute atomic E-state index is 0.00760. The van der Waals surface area contributed by atoms with Crippen LogP contribution in [0.2, 0.25) is 0 Å². The molecular formula is C18H27N5O2. The van der Waals surface area contributed by atoms with E-state index in [0.717, 1.165) is 24.6 Å². The minimum Gasteiger partial charge on any atom is -0.356 e. The van der Waals surface area contributed by atoms with Gasteiger partial charge in [0.15, 0.2) is 5.96 Å². The number of nitrogens with one attached hydrogen (secondary N) is 2. The molecule has 0 radical (unpaired) electrons. The van der Waals surface area contributed by atoms with Gasteiger partial charge in [-0.25, -0.2) is 0 Å². The minimum atomic E-state index is 0.00760. The molecule has 1 fully saturated rings. The lowest BCUT2D eigenvalue weighted by atomic mass is 10.2. The highest BCUT2D eigenvalue weighted by Gasteiger charge is 2.20. The Morgan fingerprint density at radius 3 is 2.28 bits per heavy atom. The molecule has 1 aliphatic rings. The van der Waals surface area contributed by atoms with Crippen LogP contribution in [0.3, 0.4) is 0 Å². The third-order valence-corrected chi connectivity index (χ3v) is 4.20. The second-order valence-corrected chi connectivity index (χ2v) is 5.98. The number of carbonyl (C=O) groups is 2. The van der Waals surface area contributed by atoms with Crippen molar-refractivity contribution in [3.63, 3.8) is 0 Å². The summed E-state index contributed by atoms with van der Waals surface area (Å²) in [6.45, 7) is 5.57. The van der Waals surface area contributed by atoms with E-state index in [9.17, 15) is 9.59 Å². The van der Waals surface area contributed by atoms with Crippen LogP contribution < -0.4 is 10.6 Å². The monoisotopic (exact) mass is 345 g/mol. The molecule has 0 unspecified atom stereocenters. The van der Waals surface area contributed by atoms with Gasteiger partial charge in [0.05, 0.1) is 0 Å². The van der Waals surface area contributed by atoms with Crippen LogP contribution in [0, 0.1) is 0 Å². The number of amides is 2. The Balaban J connectivity index is 1.67. The zero-order valence-corrected chi connectivity index (χ0v) is 15.0. The van der Waals surface area contributed by atoms with Gasteiger partial charge < -0.3 is 20.4 Å². The van der Waals surface area contributed by atoms with Crippen molar-refractivity contribution in [2.45, 2.75) is 19.9 Å². The third-order valence-electron chi connectivity index (χ3n) is 4.20. The fourth-order valence-corrected chi connectivity index (χ4v) is 2.74. The van der Waals surface area contributed by atoms with Crippen LogP contribution in [0.15, 0.2) is 35.3 Å². The first-order chi connectivity index (χ1) is 12.1. The normalized spacial score (nSPS) is 15.0. The Kier molecular flexibility index (Phi) is 7.25. The van der Waals surface area contributed by atoms with E-state index in [1.165, 1.54) is 0 Å². The van der Waals surface area contributed by atoms with Gasteiger partial charge in [-0.2, -0.15) is 0 Å². The maximum Gasteiger partial charge on any atom is 0.222 e. The number of piperazine rings is 1. The van der Waals surface area contributed by atoms with E-state index in [1.807, 2.05) is 35.2 Å². The molecule has 0 saturated carbocycles. The van der Waals surface area contributed by atoms with Gasteiger partial charge in [-0.15, -0.1) is 0 Å². The van der Waals surface area contributed by atoms with Crippen molar-refractivity contribution in [1.29, 1.82) is 0 Å². The predicted octanol–water partition coefficient (Wildman–Crippen LogP) is 0.432. The summed E-state index contributed by atoms with van der Waals surface area (Å²) in [5.41, 5.74) is 1.09. The van der Waals surface area contributed by atoms with E-state index in [-0.39, 0.29) is 11.8 Å². The summed E-state index contributed by atoms with van der Waals surface area (Å²) in [7, 11) is 1.73. The fourth-order valence-electron chi connectivity index (χ4n) is 2.74. The molecule has 2 rings (SSSR count). The van der Waals surface area contributed by atoms with Crippen molar-refractivity contribution in [2.75, 3.05) is 39.8 Å². The second kappa shape index (κ2) is 9.66. The van der Waals surface area contributed by atoms with Crippen LogP contribution in [-0.4, -0.2) is 67.3 Å². The average molecular weight is 345 g/mol. The summed E-state index contributed by atoms with van der Waals surface area (Å²) in [6, 6.07) is 9.84. The first-order valence-corrected chi connectivity index (χ1v) is 8.62. The Labute approximate surface area is 149 Å². The molecule has 1 heterocycles. The molecule has 25 heavy (non-hydrogen) atoms. The van der Waals surface area contributed by atoms with Crippen LogP contribution in [0.5, 0.6) is 0 Å². The summed E-state index contributed by atoms with van der Waals surface area (Å²) in [5, 5.41) is 6.14. The highest BCUT2D eigenvalue weighted by Crippen LogP contribution is 2.02. The van der Waals surface area contributed by atoms with Gasteiger partial charge in [0, 0.05) is 59.7 Å². The van der Waals surface area contributed by atoms with E-state index in [2.05, 4.69) is 20.5 Å². The molecule has 0 spiro atoms. The van der Waals surface area contributed by atoms with Crippen molar-refractivity contribution >= 4 is 17.8 Å². The number of aliphatic imine (C=N–C) groups is 1. The molecule has 1 aromatic carbocycles. The lowest BCUT2D eigenvalue weighted by Crippen LogP contribution is -2.53. The third kappa shape index (κ3) is 6.10. The summed E-state index contributed by atoms with van der Waals surface area (Å²) >= 11 is 0. The Hall–Kier alpha value is -2.57. The largest absolute Gasteiger partial charge is 0.356 e. The van der Waals surface area contributed by atoms with Gasteiger partial charge in [-0.1, -0.05) is 30.3 Å². The van der Waals surface area contributed by atoms with Crippen molar-refractivity contribution in [3.05, 3.63) is 35.9 Å². The molecule has 2 N–H and O–H groups in total. The van der Waals surface area contributed by atoms with Gasteiger partial charge in [0.2, 0.25) is 11.8 Å². The zero-order chi connectivity index (χ0) is 18.1. The predicted molar refractivity (Wildman–Crippen MR) is 98.1 cm³/mol. The van der Waals surface area contributed by atoms with E-state index in [1.54, 1.807) is 14.0 Å². The Morgan fingerprint density at radius 2 is 1.68 bits per heavy atom. The standard InChI is InChI=1S/C18H27N5O2/c1-15(24)22-10-12-23(13-11-22)18(19-2)20-9-8-17(25)21-14-16-6-4-3-5-7-16/h3-7H,8-14H2,1-2H3,(H,19,20)(H,21,25). The van der Waals surface area contributed by atoms with Crippen LogP contribution >= 0.6 is 0 Å². The number of rotatable bonds is 5. The van der Waals surface area contributed by atoms with Crippen molar-refractivity contribution < 1.29 is 9.59 Å². The summed E-state index contributed by atoms with van der Waals surface area (Å²) in [6.07, 6.45) is 0.388. The molecule has 136 valence electrons. The fraction of sp³-hybridized carbons (Fsp3) is 0.500. The molecular weight excluding hydrogens is 318 g/mol. The molecule has 1 aromatic rings. The molecule has 0 atom stereocenters. The van der Waals surface area contributed by atoms with Crippen molar-refractivity contribution in [1.82, 2.24) is 20.4 Å². The highest BCUT2D eigenvalue weighted by molar-refractivity contribution is 5.82. The molecule has 0 bridgehead atoms. The molecule has 7 heteroatoms.